The molecule has 2 rings (SSSR count). The van der Waals surface area contributed by atoms with Gasteiger partial charge in [0.2, 0.25) is 0 Å². The van der Waals surface area contributed by atoms with Crippen molar-refractivity contribution in [2.75, 3.05) is 25.6 Å². The summed E-state index contributed by atoms with van der Waals surface area (Å²) in [5, 5.41) is 3.09. The summed E-state index contributed by atoms with van der Waals surface area (Å²) < 4.78 is 0. The Morgan fingerprint density at radius 3 is 2.89 bits per heavy atom. The molecule has 1 amide bonds. The Hall–Kier alpha value is -1.66. The molecule has 0 spiro atoms. The summed E-state index contributed by atoms with van der Waals surface area (Å²) in [5.41, 5.74) is 3.00. The van der Waals surface area contributed by atoms with Crippen molar-refractivity contribution in [2.45, 2.75) is 19.4 Å². The first-order chi connectivity index (χ1) is 9.10. The van der Waals surface area contributed by atoms with Crippen molar-refractivity contribution in [1.82, 2.24) is 15.2 Å². The van der Waals surface area contributed by atoms with Crippen LogP contribution in [-0.4, -0.2) is 42.0 Å². The Bertz CT molecular complexity index is 433. The van der Waals surface area contributed by atoms with Crippen LogP contribution in [0.4, 0.5) is 5.82 Å². The van der Waals surface area contributed by atoms with E-state index >= 15 is 0 Å². The van der Waals surface area contributed by atoms with Crippen molar-refractivity contribution in [3.63, 3.8) is 0 Å². The Labute approximate surface area is 113 Å². The molecule has 0 aromatic carbocycles. The number of likely N-dealkylation sites (tertiary alicyclic amines) is 1. The summed E-state index contributed by atoms with van der Waals surface area (Å²) in [6, 6.07) is 3.64. The second-order valence-corrected chi connectivity index (χ2v) is 5.18. The Kier molecular flexibility index (Phi) is 4.34. The van der Waals surface area contributed by atoms with Crippen LogP contribution < -0.4 is 16.6 Å². The van der Waals surface area contributed by atoms with Crippen LogP contribution in [0.2, 0.25) is 0 Å². The molecule has 1 saturated heterocycles. The number of hydrogen-bond donors (Lipinski definition) is 3. The number of aromatic nitrogens is 1. The largest absolute Gasteiger partial charge is 0.349 e. The van der Waals surface area contributed by atoms with Gasteiger partial charge in [0, 0.05) is 18.8 Å². The SMILES string of the molecule is CC1CN(C)CCC1NC(=O)c1ccc(NN)nc1. The van der Waals surface area contributed by atoms with Crippen LogP contribution >= 0.6 is 0 Å². The number of amides is 1. The predicted octanol–water partition coefficient (Wildman–Crippen LogP) is 0.437. The highest BCUT2D eigenvalue weighted by Crippen LogP contribution is 2.16. The maximum atomic E-state index is 12.1. The first kappa shape index (κ1) is 13.8. The molecule has 6 heteroatoms. The van der Waals surface area contributed by atoms with Gasteiger partial charge in [0.1, 0.15) is 5.82 Å². The third-order valence-electron chi connectivity index (χ3n) is 3.60. The molecule has 19 heavy (non-hydrogen) atoms. The second kappa shape index (κ2) is 5.99. The molecule has 2 atom stereocenters. The minimum absolute atomic E-state index is 0.0718. The zero-order valence-corrected chi connectivity index (χ0v) is 11.4. The van der Waals surface area contributed by atoms with Gasteiger partial charge in [0.15, 0.2) is 0 Å². The lowest BCUT2D eigenvalue weighted by Gasteiger charge is -2.35. The van der Waals surface area contributed by atoms with Crippen molar-refractivity contribution in [2.24, 2.45) is 11.8 Å². The fourth-order valence-electron chi connectivity index (χ4n) is 2.43. The van der Waals surface area contributed by atoms with E-state index in [4.69, 9.17) is 5.84 Å². The van der Waals surface area contributed by atoms with Crippen LogP contribution in [0, 0.1) is 5.92 Å². The van der Waals surface area contributed by atoms with Gasteiger partial charge in [-0.2, -0.15) is 0 Å². The minimum atomic E-state index is -0.0718. The Balaban J connectivity index is 1.96. The molecular formula is C13H21N5O. The molecule has 0 bridgehead atoms. The van der Waals surface area contributed by atoms with Crippen molar-refractivity contribution in [1.29, 1.82) is 0 Å². The van der Waals surface area contributed by atoms with Gasteiger partial charge in [0.25, 0.3) is 5.91 Å². The second-order valence-electron chi connectivity index (χ2n) is 5.18. The number of carbonyl (C=O) groups is 1. The molecule has 104 valence electrons. The highest BCUT2D eigenvalue weighted by atomic mass is 16.1. The average Bonchev–Trinajstić information content (AvgIpc) is 2.42. The Morgan fingerprint density at radius 2 is 2.32 bits per heavy atom. The van der Waals surface area contributed by atoms with E-state index in [-0.39, 0.29) is 11.9 Å². The molecule has 0 radical (unpaired) electrons. The fourth-order valence-corrected chi connectivity index (χ4v) is 2.43. The molecule has 1 fully saturated rings. The molecule has 1 aromatic heterocycles. The first-order valence-corrected chi connectivity index (χ1v) is 6.52. The number of rotatable bonds is 3. The average molecular weight is 263 g/mol. The molecule has 2 unspecified atom stereocenters. The normalized spacial score (nSPS) is 23.9. The number of nitrogens with two attached hydrogens (primary N) is 1. The van der Waals surface area contributed by atoms with E-state index in [0.717, 1.165) is 19.5 Å². The van der Waals surface area contributed by atoms with E-state index in [1.165, 1.54) is 6.20 Å². The van der Waals surface area contributed by atoms with Crippen LogP contribution in [0.5, 0.6) is 0 Å². The summed E-state index contributed by atoms with van der Waals surface area (Å²) in [6.07, 6.45) is 2.52. The van der Waals surface area contributed by atoms with Crippen LogP contribution in [-0.2, 0) is 0 Å². The standard InChI is InChI=1S/C13H21N5O/c1-9-8-18(2)6-5-11(9)16-13(19)10-3-4-12(17-14)15-7-10/h3-4,7,9,11H,5-6,8,14H2,1-2H3,(H,15,17)(H,16,19). The molecule has 0 saturated carbocycles. The smallest absolute Gasteiger partial charge is 0.253 e. The quantitative estimate of drug-likeness (QED) is 0.544. The van der Waals surface area contributed by atoms with Gasteiger partial charge in [-0.3, -0.25) is 4.79 Å². The van der Waals surface area contributed by atoms with Gasteiger partial charge in [-0.25, -0.2) is 10.8 Å². The molecule has 6 nitrogen and oxygen atoms in total. The number of hydrazine groups is 1. The van der Waals surface area contributed by atoms with Crippen LogP contribution in [0.3, 0.4) is 0 Å². The third-order valence-corrected chi connectivity index (χ3v) is 3.60. The molecule has 1 aliphatic rings. The number of piperidine rings is 1. The van der Waals surface area contributed by atoms with Gasteiger partial charge in [-0.05, 0) is 38.1 Å². The number of carbonyl (C=O) groups excluding carboxylic acids is 1. The lowest BCUT2D eigenvalue weighted by Crippen LogP contribution is -2.48. The van der Waals surface area contributed by atoms with Crippen LogP contribution in [0.15, 0.2) is 18.3 Å². The van der Waals surface area contributed by atoms with Gasteiger partial charge < -0.3 is 15.6 Å². The summed E-state index contributed by atoms with van der Waals surface area (Å²) in [6.45, 7) is 4.20. The van der Waals surface area contributed by atoms with Crippen molar-refractivity contribution < 1.29 is 4.79 Å². The van der Waals surface area contributed by atoms with E-state index in [2.05, 4.69) is 34.6 Å². The summed E-state index contributed by atoms with van der Waals surface area (Å²) in [7, 11) is 2.11. The number of nitrogen functional groups attached to an aromatic ring is 1. The van der Waals surface area contributed by atoms with Crippen molar-refractivity contribution in [3.8, 4) is 0 Å². The Morgan fingerprint density at radius 1 is 1.53 bits per heavy atom. The third kappa shape index (κ3) is 3.42. The molecule has 4 N–H and O–H groups in total. The summed E-state index contributed by atoms with van der Waals surface area (Å²) >= 11 is 0. The fraction of sp³-hybridized carbons (Fsp3) is 0.538. The number of pyridine rings is 1. The lowest BCUT2D eigenvalue weighted by atomic mass is 9.94. The van der Waals surface area contributed by atoms with Crippen LogP contribution in [0.1, 0.15) is 23.7 Å². The maximum Gasteiger partial charge on any atom is 0.253 e. The van der Waals surface area contributed by atoms with Gasteiger partial charge in [-0.15, -0.1) is 0 Å². The van der Waals surface area contributed by atoms with Gasteiger partial charge in [0.05, 0.1) is 5.56 Å². The van der Waals surface area contributed by atoms with E-state index in [0.29, 0.717) is 17.3 Å². The summed E-state index contributed by atoms with van der Waals surface area (Å²) in [5.74, 6) is 6.17. The topological polar surface area (TPSA) is 83.3 Å². The summed E-state index contributed by atoms with van der Waals surface area (Å²) in [4.78, 5) is 18.4. The predicted molar refractivity (Wildman–Crippen MR) is 74.6 cm³/mol. The van der Waals surface area contributed by atoms with Crippen LogP contribution in [0.25, 0.3) is 0 Å². The van der Waals surface area contributed by atoms with Crippen molar-refractivity contribution in [3.05, 3.63) is 23.9 Å². The molecular weight excluding hydrogens is 242 g/mol. The van der Waals surface area contributed by atoms with Gasteiger partial charge >= 0.3 is 0 Å². The zero-order valence-electron chi connectivity index (χ0n) is 11.4. The van der Waals surface area contributed by atoms with E-state index in [9.17, 15) is 4.79 Å². The number of anilines is 1. The van der Waals surface area contributed by atoms with Gasteiger partial charge in [-0.1, -0.05) is 6.92 Å². The number of nitrogens with one attached hydrogen (secondary N) is 2. The van der Waals surface area contributed by atoms with E-state index < -0.39 is 0 Å². The minimum Gasteiger partial charge on any atom is -0.349 e. The first-order valence-electron chi connectivity index (χ1n) is 6.52. The zero-order chi connectivity index (χ0) is 13.8. The lowest BCUT2D eigenvalue weighted by molar-refractivity contribution is 0.0883. The van der Waals surface area contributed by atoms with E-state index in [1.807, 2.05) is 0 Å². The maximum absolute atomic E-state index is 12.1. The molecule has 0 aliphatic carbocycles. The highest BCUT2D eigenvalue weighted by Gasteiger charge is 2.25. The molecule has 2 heterocycles. The van der Waals surface area contributed by atoms with E-state index in [1.54, 1.807) is 12.1 Å². The van der Waals surface area contributed by atoms with Crippen molar-refractivity contribution >= 4 is 11.7 Å². The number of hydrogen-bond acceptors (Lipinski definition) is 5. The highest BCUT2D eigenvalue weighted by molar-refractivity contribution is 5.94. The monoisotopic (exact) mass is 263 g/mol. The number of nitrogens with zero attached hydrogens (tertiary/aromatic N) is 2. The molecule has 1 aliphatic heterocycles. The molecule has 1 aromatic rings.